The number of aromatic nitrogens is 2. The van der Waals surface area contributed by atoms with E-state index in [4.69, 9.17) is 0 Å². The fourth-order valence-corrected chi connectivity index (χ4v) is 2.61. The van der Waals surface area contributed by atoms with E-state index < -0.39 is 0 Å². The minimum Gasteiger partial charge on any atom is -0.338 e. The van der Waals surface area contributed by atoms with E-state index in [0.717, 1.165) is 13.1 Å². The number of carbonyl (C=O) groups is 1. The normalized spacial score (nSPS) is 15.4. The molecule has 0 radical (unpaired) electrons. The van der Waals surface area contributed by atoms with Crippen molar-refractivity contribution in [3.05, 3.63) is 47.7 Å². The molecule has 1 aromatic carbocycles. The zero-order valence-corrected chi connectivity index (χ0v) is 13.8. The number of aryl methyl sites for hydroxylation is 1. The van der Waals surface area contributed by atoms with Crippen LogP contribution in [0.4, 0.5) is 15.9 Å². The highest BCUT2D eigenvalue weighted by Gasteiger charge is 2.22. The van der Waals surface area contributed by atoms with Crippen LogP contribution in [0, 0.1) is 12.7 Å². The van der Waals surface area contributed by atoms with E-state index in [1.807, 2.05) is 7.05 Å². The lowest BCUT2D eigenvalue weighted by atomic mass is 10.2. The number of nitrogens with zero attached hydrogens (tertiary/aromatic N) is 4. The van der Waals surface area contributed by atoms with Gasteiger partial charge >= 0.3 is 0 Å². The fourth-order valence-electron chi connectivity index (χ4n) is 2.61. The molecule has 24 heavy (non-hydrogen) atoms. The van der Waals surface area contributed by atoms with Crippen molar-refractivity contribution in [3.63, 3.8) is 0 Å². The maximum Gasteiger partial charge on any atom is 0.272 e. The van der Waals surface area contributed by atoms with Gasteiger partial charge in [0.05, 0.1) is 5.69 Å². The lowest BCUT2D eigenvalue weighted by Gasteiger charge is -2.32. The van der Waals surface area contributed by atoms with E-state index >= 15 is 0 Å². The van der Waals surface area contributed by atoms with Crippen LogP contribution >= 0.6 is 0 Å². The third-order valence-corrected chi connectivity index (χ3v) is 3.98. The first-order valence-electron chi connectivity index (χ1n) is 7.88. The molecule has 1 aliphatic rings. The number of hydrogen-bond acceptors (Lipinski definition) is 5. The molecular weight excluding hydrogens is 309 g/mol. The molecule has 0 atom stereocenters. The molecule has 2 heterocycles. The molecule has 7 heteroatoms. The van der Waals surface area contributed by atoms with Crippen molar-refractivity contribution in [1.29, 1.82) is 0 Å². The van der Waals surface area contributed by atoms with Crippen LogP contribution in [0.3, 0.4) is 0 Å². The summed E-state index contributed by atoms with van der Waals surface area (Å²) in [5, 5.41) is 2.91. The molecule has 1 aliphatic heterocycles. The molecule has 6 nitrogen and oxygen atoms in total. The topological polar surface area (TPSA) is 61.4 Å². The van der Waals surface area contributed by atoms with E-state index in [9.17, 15) is 9.18 Å². The first-order chi connectivity index (χ1) is 11.5. The number of halogens is 1. The summed E-state index contributed by atoms with van der Waals surface area (Å²) >= 11 is 0. The predicted molar refractivity (Wildman–Crippen MR) is 89.9 cm³/mol. The average Bonchev–Trinajstić information content (AvgIpc) is 2.56. The third-order valence-electron chi connectivity index (χ3n) is 3.98. The molecule has 0 spiro atoms. The van der Waals surface area contributed by atoms with Gasteiger partial charge in [-0.3, -0.25) is 4.79 Å². The minimum absolute atomic E-state index is 0.120. The number of hydrogen-bond donors (Lipinski definition) is 1. The van der Waals surface area contributed by atoms with Crippen LogP contribution in [0.1, 0.15) is 16.3 Å². The molecule has 0 saturated carbocycles. The predicted octanol–water partition coefficient (Wildman–Crippen LogP) is 2.06. The largest absolute Gasteiger partial charge is 0.338 e. The number of likely N-dealkylation sites (N-methyl/N-ethyl adjacent to an activating group) is 1. The summed E-state index contributed by atoms with van der Waals surface area (Å²) in [6.45, 7) is 4.75. The van der Waals surface area contributed by atoms with Gasteiger partial charge in [-0.15, -0.1) is 0 Å². The Morgan fingerprint density at radius 2 is 1.88 bits per heavy atom. The summed E-state index contributed by atoms with van der Waals surface area (Å²) in [6.07, 6.45) is 0. The summed E-state index contributed by atoms with van der Waals surface area (Å²) < 4.78 is 13.8. The van der Waals surface area contributed by atoms with Crippen LogP contribution in [0.2, 0.25) is 0 Å². The highest BCUT2D eigenvalue weighted by atomic mass is 19.1. The Kier molecular flexibility index (Phi) is 4.71. The Bertz CT molecular complexity index is 744. The van der Waals surface area contributed by atoms with Gasteiger partial charge in [0.1, 0.15) is 23.2 Å². The van der Waals surface area contributed by atoms with E-state index in [1.54, 1.807) is 36.1 Å². The Balaban J connectivity index is 1.81. The van der Waals surface area contributed by atoms with Gasteiger partial charge in [-0.05, 0) is 26.1 Å². The number of carbonyl (C=O) groups excluding carboxylic acids is 1. The van der Waals surface area contributed by atoms with Gasteiger partial charge in [0.25, 0.3) is 5.91 Å². The summed E-state index contributed by atoms with van der Waals surface area (Å²) in [6, 6.07) is 7.91. The van der Waals surface area contributed by atoms with E-state index in [-0.39, 0.29) is 11.7 Å². The molecule has 1 amide bonds. The van der Waals surface area contributed by atoms with Crippen molar-refractivity contribution >= 4 is 17.4 Å². The first-order valence-corrected chi connectivity index (χ1v) is 7.88. The highest BCUT2D eigenvalue weighted by Crippen LogP contribution is 2.19. The second-order valence-electron chi connectivity index (χ2n) is 5.89. The molecule has 2 aromatic rings. The summed E-state index contributed by atoms with van der Waals surface area (Å²) in [7, 11) is 2.03. The SMILES string of the molecule is Cc1nc(Nc2ccccc2F)cc(C(=O)N2CCN(C)CC2)n1. The Labute approximate surface area is 140 Å². The van der Waals surface area contributed by atoms with E-state index in [1.165, 1.54) is 6.07 Å². The number of benzene rings is 1. The Hall–Kier alpha value is -2.54. The van der Waals surface area contributed by atoms with Gasteiger partial charge in [0.15, 0.2) is 0 Å². The molecule has 1 fully saturated rings. The first kappa shape index (κ1) is 16.3. The number of piperazine rings is 1. The summed E-state index contributed by atoms with van der Waals surface area (Å²) in [4.78, 5) is 25.1. The monoisotopic (exact) mass is 329 g/mol. The van der Waals surface area contributed by atoms with Crippen molar-refractivity contribution in [2.75, 3.05) is 38.5 Å². The van der Waals surface area contributed by atoms with Crippen LogP contribution in [0.15, 0.2) is 30.3 Å². The van der Waals surface area contributed by atoms with Crippen LogP contribution in [0.25, 0.3) is 0 Å². The fraction of sp³-hybridized carbons (Fsp3) is 0.353. The summed E-state index contributed by atoms with van der Waals surface area (Å²) in [5.74, 6) is 0.379. The average molecular weight is 329 g/mol. The van der Waals surface area contributed by atoms with Crippen molar-refractivity contribution in [1.82, 2.24) is 19.8 Å². The summed E-state index contributed by atoms with van der Waals surface area (Å²) in [5.41, 5.74) is 0.638. The molecular formula is C17H20FN5O. The van der Waals surface area contributed by atoms with Crippen LogP contribution in [0.5, 0.6) is 0 Å². The van der Waals surface area contributed by atoms with Crippen molar-refractivity contribution < 1.29 is 9.18 Å². The number of rotatable bonds is 3. The molecule has 126 valence electrons. The Morgan fingerprint density at radius 1 is 1.17 bits per heavy atom. The maximum atomic E-state index is 13.8. The lowest BCUT2D eigenvalue weighted by molar-refractivity contribution is 0.0658. The molecule has 1 aromatic heterocycles. The third kappa shape index (κ3) is 3.68. The van der Waals surface area contributed by atoms with Gasteiger partial charge in [0.2, 0.25) is 0 Å². The van der Waals surface area contributed by atoms with Crippen LogP contribution in [-0.4, -0.2) is 58.9 Å². The molecule has 0 unspecified atom stereocenters. The quantitative estimate of drug-likeness (QED) is 0.934. The van der Waals surface area contributed by atoms with Crippen molar-refractivity contribution in [2.45, 2.75) is 6.92 Å². The zero-order chi connectivity index (χ0) is 17.1. The molecule has 0 aliphatic carbocycles. The van der Waals surface area contributed by atoms with Crippen molar-refractivity contribution in [3.8, 4) is 0 Å². The highest BCUT2D eigenvalue weighted by molar-refractivity contribution is 5.93. The van der Waals surface area contributed by atoms with Crippen LogP contribution in [-0.2, 0) is 0 Å². The standard InChI is InChI=1S/C17H20FN5O/c1-12-19-15(17(24)23-9-7-22(2)8-10-23)11-16(20-12)21-14-6-4-3-5-13(14)18/h3-6,11H,7-10H2,1-2H3,(H,19,20,21). The number of anilines is 2. The molecule has 0 bridgehead atoms. The lowest BCUT2D eigenvalue weighted by Crippen LogP contribution is -2.47. The van der Waals surface area contributed by atoms with E-state index in [2.05, 4.69) is 20.2 Å². The molecule has 1 N–H and O–H groups in total. The minimum atomic E-state index is -0.374. The number of para-hydroxylation sites is 1. The number of nitrogens with one attached hydrogen (secondary N) is 1. The maximum absolute atomic E-state index is 13.8. The van der Waals surface area contributed by atoms with Gasteiger partial charge in [0, 0.05) is 32.2 Å². The molecule has 3 rings (SSSR count). The van der Waals surface area contributed by atoms with Gasteiger partial charge in [-0.1, -0.05) is 12.1 Å². The van der Waals surface area contributed by atoms with E-state index in [0.29, 0.717) is 36.1 Å². The van der Waals surface area contributed by atoms with Crippen LogP contribution < -0.4 is 5.32 Å². The van der Waals surface area contributed by atoms with Gasteiger partial charge in [-0.2, -0.15) is 0 Å². The van der Waals surface area contributed by atoms with Crippen molar-refractivity contribution in [2.24, 2.45) is 0 Å². The Morgan fingerprint density at radius 3 is 2.58 bits per heavy atom. The van der Waals surface area contributed by atoms with Gasteiger partial charge in [-0.25, -0.2) is 14.4 Å². The van der Waals surface area contributed by atoms with Gasteiger partial charge < -0.3 is 15.1 Å². The second-order valence-corrected chi connectivity index (χ2v) is 5.89. The second kappa shape index (κ2) is 6.92. The molecule has 1 saturated heterocycles. The zero-order valence-electron chi connectivity index (χ0n) is 13.8. The number of amides is 1. The smallest absolute Gasteiger partial charge is 0.272 e.